The molecule has 0 atom stereocenters. The summed E-state index contributed by atoms with van der Waals surface area (Å²) >= 11 is 0. The molecular formula is C15H19N3O2. The van der Waals surface area contributed by atoms with E-state index in [1.54, 1.807) is 6.33 Å². The van der Waals surface area contributed by atoms with Crippen LogP contribution in [-0.4, -0.2) is 35.2 Å². The molecule has 5 nitrogen and oxygen atoms in total. The van der Waals surface area contributed by atoms with Crippen LogP contribution in [0.3, 0.4) is 0 Å². The molecule has 5 heteroatoms. The van der Waals surface area contributed by atoms with Crippen LogP contribution in [0, 0.1) is 0 Å². The SMILES string of the molecule is C=C(C)COCCNC(=O)Cn1cnc2ccccc21. The smallest absolute Gasteiger partial charge is 0.240 e. The summed E-state index contributed by atoms with van der Waals surface area (Å²) in [7, 11) is 0. The number of carbonyl (C=O) groups excluding carboxylic acids is 1. The Hall–Kier alpha value is -2.14. The van der Waals surface area contributed by atoms with Crippen LogP contribution in [0.15, 0.2) is 42.7 Å². The minimum Gasteiger partial charge on any atom is -0.375 e. The fraction of sp³-hybridized carbons (Fsp3) is 0.333. The second-order valence-electron chi connectivity index (χ2n) is 4.72. The molecule has 2 rings (SSSR count). The number of rotatable bonds is 7. The maximum Gasteiger partial charge on any atom is 0.240 e. The molecule has 0 aliphatic heterocycles. The highest BCUT2D eigenvalue weighted by atomic mass is 16.5. The molecule has 0 unspecified atom stereocenters. The molecule has 0 spiro atoms. The molecule has 1 amide bonds. The summed E-state index contributed by atoms with van der Waals surface area (Å²) in [5.74, 6) is -0.0490. The first-order chi connectivity index (χ1) is 9.66. The molecule has 1 aromatic carbocycles. The van der Waals surface area contributed by atoms with Crippen LogP contribution in [-0.2, 0) is 16.1 Å². The van der Waals surface area contributed by atoms with Crippen LogP contribution < -0.4 is 5.32 Å². The van der Waals surface area contributed by atoms with E-state index in [9.17, 15) is 4.79 Å². The molecule has 0 bridgehead atoms. The summed E-state index contributed by atoms with van der Waals surface area (Å²) in [6.45, 7) is 7.43. The number of nitrogens with one attached hydrogen (secondary N) is 1. The Balaban J connectivity index is 1.78. The van der Waals surface area contributed by atoms with Gasteiger partial charge in [0.25, 0.3) is 0 Å². The fourth-order valence-electron chi connectivity index (χ4n) is 1.86. The lowest BCUT2D eigenvalue weighted by atomic mass is 10.3. The number of imidazole rings is 1. The zero-order valence-electron chi connectivity index (χ0n) is 11.6. The molecule has 1 N–H and O–H groups in total. The molecule has 2 aromatic rings. The van der Waals surface area contributed by atoms with Gasteiger partial charge in [-0.2, -0.15) is 0 Å². The number of hydrogen-bond acceptors (Lipinski definition) is 3. The summed E-state index contributed by atoms with van der Waals surface area (Å²) in [5.41, 5.74) is 2.83. The molecule has 0 saturated heterocycles. The molecular weight excluding hydrogens is 254 g/mol. The van der Waals surface area contributed by atoms with E-state index in [-0.39, 0.29) is 12.5 Å². The summed E-state index contributed by atoms with van der Waals surface area (Å²) in [4.78, 5) is 16.1. The maximum absolute atomic E-state index is 11.8. The van der Waals surface area contributed by atoms with Crippen molar-refractivity contribution in [2.75, 3.05) is 19.8 Å². The monoisotopic (exact) mass is 273 g/mol. The topological polar surface area (TPSA) is 56.1 Å². The van der Waals surface area contributed by atoms with Gasteiger partial charge in [0.15, 0.2) is 0 Å². The van der Waals surface area contributed by atoms with E-state index >= 15 is 0 Å². The number of amides is 1. The number of benzene rings is 1. The Morgan fingerprint density at radius 2 is 2.25 bits per heavy atom. The first-order valence-corrected chi connectivity index (χ1v) is 6.55. The van der Waals surface area contributed by atoms with Crippen LogP contribution in [0.1, 0.15) is 6.92 Å². The highest BCUT2D eigenvalue weighted by molar-refractivity contribution is 5.80. The van der Waals surface area contributed by atoms with Crippen LogP contribution in [0.25, 0.3) is 11.0 Å². The number of para-hydroxylation sites is 2. The second kappa shape index (κ2) is 6.86. The minimum absolute atomic E-state index is 0.0490. The third-order valence-electron chi connectivity index (χ3n) is 2.76. The van der Waals surface area contributed by atoms with Gasteiger partial charge in [0, 0.05) is 6.54 Å². The first kappa shape index (κ1) is 14.3. The zero-order chi connectivity index (χ0) is 14.4. The van der Waals surface area contributed by atoms with Crippen molar-refractivity contribution in [2.24, 2.45) is 0 Å². The quantitative estimate of drug-likeness (QED) is 0.617. The third kappa shape index (κ3) is 3.93. The molecule has 106 valence electrons. The molecule has 0 fully saturated rings. The lowest BCUT2D eigenvalue weighted by Crippen LogP contribution is -2.30. The fourth-order valence-corrected chi connectivity index (χ4v) is 1.86. The van der Waals surface area contributed by atoms with Gasteiger partial charge < -0.3 is 14.6 Å². The predicted octanol–water partition coefficient (Wildman–Crippen LogP) is 1.75. The molecule has 20 heavy (non-hydrogen) atoms. The van der Waals surface area contributed by atoms with Gasteiger partial charge in [-0.3, -0.25) is 4.79 Å². The summed E-state index contributed by atoms with van der Waals surface area (Å²) < 4.78 is 7.15. The van der Waals surface area contributed by atoms with Gasteiger partial charge in [0.2, 0.25) is 5.91 Å². The van der Waals surface area contributed by atoms with Crippen molar-refractivity contribution in [1.82, 2.24) is 14.9 Å². The lowest BCUT2D eigenvalue weighted by molar-refractivity contribution is -0.121. The zero-order valence-corrected chi connectivity index (χ0v) is 11.6. The molecule has 0 aliphatic rings. The maximum atomic E-state index is 11.8. The van der Waals surface area contributed by atoms with Crippen LogP contribution in [0.2, 0.25) is 0 Å². The van der Waals surface area contributed by atoms with Crippen molar-refractivity contribution in [3.05, 3.63) is 42.7 Å². The summed E-state index contributed by atoms with van der Waals surface area (Å²) in [6.07, 6.45) is 1.68. The average Bonchev–Trinajstić information content (AvgIpc) is 2.81. The van der Waals surface area contributed by atoms with Crippen molar-refractivity contribution in [3.63, 3.8) is 0 Å². The standard InChI is InChI=1S/C15H19N3O2/c1-12(2)10-20-8-7-16-15(19)9-18-11-17-13-5-3-4-6-14(13)18/h3-6,11H,1,7-10H2,2H3,(H,16,19). The van der Waals surface area contributed by atoms with Crippen molar-refractivity contribution >= 4 is 16.9 Å². The number of carbonyl (C=O) groups is 1. The van der Waals surface area contributed by atoms with Gasteiger partial charge in [-0.1, -0.05) is 24.3 Å². The van der Waals surface area contributed by atoms with Gasteiger partial charge in [-0.15, -0.1) is 0 Å². The lowest BCUT2D eigenvalue weighted by Gasteiger charge is -2.07. The minimum atomic E-state index is -0.0490. The second-order valence-corrected chi connectivity index (χ2v) is 4.72. The Morgan fingerprint density at radius 1 is 1.45 bits per heavy atom. The van der Waals surface area contributed by atoms with E-state index < -0.39 is 0 Å². The molecule has 0 saturated carbocycles. The van der Waals surface area contributed by atoms with E-state index in [2.05, 4.69) is 16.9 Å². The predicted molar refractivity (Wildman–Crippen MR) is 78.4 cm³/mol. The normalized spacial score (nSPS) is 10.7. The molecule has 0 aliphatic carbocycles. The van der Waals surface area contributed by atoms with Gasteiger partial charge >= 0.3 is 0 Å². The number of ether oxygens (including phenoxy) is 1. The third-order valence-corrected chi connectivity index (χ3v) is 2.76. The van der Waals surface area contributed by atoms with Crippen LogP contribution in [0.5, 0.6) is 0 Å². The van der Waals surface area contributed by atoms with E-state index in [1.165, 1.54) is 0 Å². The van der Waals surface area contributed by atoms with Crippen molar-refractivity contribution in [2.45, 2.75) is 13.5 Å². The Bertz CT molecular complexity index is 604. The number of fused-ring (bicyclic) bond motifs is 1. The van der Waals surface area contributed by atoms with Crippen LogP contribution in [0.4, 0.5) is 0 Å². The van der Waals surface area contributed by atoms with Crippen LogP contribution >= 0.6 is 0 Å². The van der Waals surface area contributed by atoms with Crippen molar-refractivity contribution < 1.29 is 9.53 Å². The van der Waals surface area contributed by atoms with E-state index in [0.717, 1.165) is 16.6 Å². The summed E-state index contributed by atoms with van der Waals surface area (Å²) in [6, 6.07) is 7.74. The number of hydrogen-bond donors (Lipinski definition) is 1. The Labute approximate surface area is 118 Å². The van der Waals surface area contributed by atoms with Crippen molar-refractivity contribution in [1.29, 1.82) is 0 Å². The number of aromatic nitrogens is 2. The van der Waals surface area contributed by atoms with Crippen molar-refractivity contribution in [3.8, 4) is 0 Å². The molecule has 1 aromatic heterocycles. The van der Waals surface area contributed by atoms with E-state index in [0.29, 0.717) is 19.8 Å². The number of nitrogens with zero attached hydrogens (tertiary/aromatic N) is 2. The first-order valence-electron chi connectivity index (χ1n) is 6.55. The Kier molecular flexibility index (Phi) is 4.90. The molecule has 1 heterocycles. The highest BCUT2D eigenvalue weighted by Crippen LogP contribution is 2.11. The van der Waals surface area contributed by atoms with Gasteiger partial charge in [-0.25, -0.2) is 4.98 Å². The van der Waals surface area contributed by atoms with Gasteiger partial charge in [0.1, 0.15) is 6.54 Å². The van der Waals surface area contributed by atoms with Gasteiger partial charge in [0.05, 0.1) is 30.6 Å². The molecule has 0 radical (unpaired) electrons. The highest BCUT2D eigenvalue weighted by Gasteiger charge is 2.06. The average molecular weight is 273 g/mol. The summed E-state index contributed by atoms with van der Waals surface area (Å²) in [5, 5.41) is 2.82. The largest absolute Gasteiger partial charge is 0.375 e. The Morgan fingerprint density at radius 3 is 3.05 bits per heavy atom. The van der Waals surface area contributed by atoms with Gasteiger partial charge in [-0.05, 0) is 19.1 Å². The van der Waals surface area contributed by atoms with E-state index in [4.69, 9.17) is 4.74 Å². The van der Waals surface area contributed by atoms with E-state index in [1.807, 2.05) is 35.8 Å².